The number of aromatic amines is 1. The molecular weight excluding hydrogens is 329 g/mol. The van der Waals surface area contributed by atoms with Crippen LogP contribution in [0.5, 0.6) is 0 Å². The molecule has 1 aromatic carbocycles. The Morgan fingerprint density at radius 1 is 1.25 bits per heavy atom. The van der Waals surface area contributed by atoms with Gasteiger partial charge in [0.2, 0.25) is 10.0 Å². The first kappa shape index (κ1) is 15.3. The number of halogens is 1. The Morgan fingerprint density at radius 2 is 2.12 bits per heavy atom. The van der Waals surface area contributed by atoms with Gasteiger partial charge in [-0.05, 0) is 42.2 Å². The maximum absolute atomic E-state index is 13.4. The van der Waals surface area contributed by atoms with Crippen molar-refractivity contribution in [1.82, 2.24) is 14.3 Å². The Balaban J connectivity index is 1.64. The topological polar surface area (TPSA) is 66.1 Å². The predicted molar refractivity (Wildman–Crippen MR) is 88.6 cm³/mol. The summed E-state index contributed by atoms with van der Waals surface area (Å²) < 4.78 is 40.8. The highest BCUT2D eigenvalue weighted by Gasteiger charge is 2.34. The number of aromatic nitrogens is 2. The van der Waals surface area contributed by atoms with Crippen LogP contribution in [-0.2, 0) is 10.0 Å². The molecule has 4 rings (SSSR count). The van der Waals surface area contributed by atoms with E-state index in [1.165, 1.54) is 22.6 Å². The van der Waals surface area contributed by atoms with Gasteiger partial charge in [-0.1, -0.05) is 12.1 Å². The fraction of sp³-hybridized carbons (Fsp3) is 0.235. The molecule has 1 aliphatic rings. The van der Waals surface area contributed by atoms with Gasteiger partial charge < -0.3 is 4.98 Å². The standard InChI is InChI=1S/C17H16FN3O2S/c18-14-4-1-3-12(9-14)13-6-8-21(11-13)24(22,23)16-10-20-17-15(16)5-2-7-19-17/h1-5,7,9-10,13H,6,8,11H2,(H,19,20). The van der Waals surface area contributed by atoms with E-state index < -0.39 is 10.0 Å². The van der Waals surface area contributed by atoms with Gasteiger partial charge in [-0.25, -0.2) is 17.8 Å². The summed E-state index contributed by atoms with van der Waals surface area (Å²) in [5.74, 6) is -0.282. The van der Waals surface area contributed by atoms with Crippen molar-refractivity contribution in [2.24, 2.45) is 0 Å². The van der Waals surface area contributed by atoms with Crippen molar-refractivity contribution in [3.63, 3.8) is 0 Å². The van der Waals surface area contributed by atoms with Crippen LogP contribution in [0.1, 0.15) is 17.9 Å². The number of benzene rings is 1. The number of nitrogens with one attached hydrogen (secondary N) is 1. The molecule has 0 spiro atoms. The summed E-state index contributed by atoms with van der Waals surface area (Å²) >= 11 is 0. The number of rotatable bonds is 3. The van der Waals surface area contributed by atoms with E-state index in [-0.39, 0.29) is 16.6 Å². The zero-order chi connectivity index (χ0) is 16.7. The molecule has 0 radical (unpaired) electrons. The molecular formula is C17H16FN3O2S. The minimum Gasteiger partial charge on any atom is -0.345 e. The van der Waals surface area contributed by atoms with E-state index in [0.29, 0.717) is 30.5 Å². The molecule has 0 aliphatic carbocycles. The normalized spacial score (nSPS) is 19.1. The molecule has 1 unspecified atom stereocenters. The van der Waals surface area contributed by atoms with E-state index >= 15 is 0 Å². The second-order valence-electron chi connectivity index (χ2n) is 5.96. The van der Waals surface area contributed by atoms with Gasteiger partial charge in [0.05, 0.1) is 0 Å². The average molecular weight is 345 g/mol. The summed E-state index contributed by atoms with van der Waals surface area (Å²) in [6.45, 7) is 0.787. The lowest BCUT2D eigenvalue weighted by molar-refractivity contribution is 0.473. The molecule has 1 atom stereocenters. The van der Waals surface area contributed by atoms with Crippen LogP contribution in [0.15, 0.2) is 53.7 Å². The monoisotopic (exact) mass is 345 g/mol. The number of nitrogens with zero attached hydrogens (tertiary/aromatic N) is 2. The number of fused-ring (bicyclic) bond motifs is 1. The van der Waals surface area contributed by atoms with Crippen LogP contribution in [0.4, 0.5) is 4.39 Å². The molecule has 1 fully saturated rings. The zero-order valence-corrected chi connectivity index (χ0v) is 13.6. The van der Waals surface area contributed by atoms with Crippen LogP contribution in [0.25, 0.3) is 11.0 Å². The maximum atomic E-state index is 13.4. The first-order valence-corrected chi connectivity index (χ1v) is 9.17. The second kappa shape index (κ2) is 5.68. The molecule has 3 aromatic rings. The molecule has 1 aliphatic heterocycles. The van der Waals surface area contributed by atoms with Gasteiger partial charge in [-0.15, -0.1) is 0 Å². The minimum atomic E-state index is -3.60. The van der Waals surface area contributed by atoms with Gasteiger partial charge in [-0.3, -0.25) is 0 Å². The van der Waals surface area contributed by atoms with Crippen LogP contribution >= 0.6 is 0 Å². The van der Waals surface area contributed by atoms with Gasteiger partial charge >= 0.3 is 0 Å². The Hall–Kier alpha value is -2.25. The molecule has 0 bridgehead atoms. The van der Waals surface area contributed by atoms with Gasteiger partial charge in [0.25, 0.3) is 0 Å². The third-order valence-electron chi connectivity index (χ3n) is 4.50. The number of H-pyrrole nitrogens is 1. The number of hydrogen-bond donors (Lipinski definition) is 1. The molecule has 124 valence electrons. The van der Waals surface area contributed by atoms with E-state index in [9.17, 15) is 12.8 Å². The number of pyridine rings is 1. The third kappa shape index (κ3) is 2.50. The van der Waals surface area contributed by atoms with Crippen molar-refractivity contribution >= 4 is 21.1 Å². The zero-order valence-electron chi connectivity index (χ0n) is 12.8. The van der Waals surface area contributed by atoms with E-state index in [2.05, 4.69) is 9.97 Å². The summed E-state index contributed by atoms with van der Waals surface area (Å²) in [7, 11) is -3.60. The highest BCUT2D eigenvalue weighted by Crippen LogP contribution is 2.33. The molecule has 24 heavy (non-hydrogen) atoms. The summed E-state index contributed by atoms with van der Waals surface area (Å²) in [6.07, 6.45) is 3.79. The maximum Gasteiger partial charge on any atom is 0.245 e. The van der Waals surface area contributed by atoms with E-state index in [1.54, 1.807) is 24.4 Å². The Labute approximate surface area is 139 Å². The third-order valence-corrected chi connectivity index (χ3v) is 6.41. The first-order chi connectivity index (χ1) is 11.6. The van der Waals surface area contributed by atoms with Crippen molar-refractivity contribution in [2.45, 2.75) is 17.2 Å². The quantitative estimate of drug-likeness (QED) is 0.794. The Bertz CT molecular complexity index is 1000. The Kier molecular flexibility index (Phi) is 3.62. The molecule has 3 heterocycles. The largest absolute Gasteiger partial charge is 0.345 e. The molecule has 7 heteroatoms. The van der Waals surface area contributed by atoms with Crippen LogP contribution in [-0.4, -0.2) is 35.8 Å². The van der Waals surface area contributed by atoms with Gasteiger partial charge in [0.15, 0.2) is 0 Å². The molecule has 2 aromatic heterocycles. The molecule has 0 saturated carbocycles. The van der Waals surface area contributed by atoms with E-state index in [4.69, 9.17) is 0 Å². The minimum absolute atomic E-state index is 0.0128. The van der Waals surface area contributed by atoms with Crippen molar-refractivity contribution in [3.05, 3.63) is 60.2 Å². The fourth-order valence-corrected chi connectivity index (χ4v) is 4.91. The van der Waals surface area contributed by atoms with Crippen molar-refractivity contribution in [3.8, 4) is 0 Å². The van der Waals surface area contributed by atoms with Gasteiger partial charge in [-0.2, -0.15) is 4.31 Å². The highest BCUT2D eigenvalue weighted by molar-refractivity contribution is 7.89. The summed E-state index contributed by atoms with van der Waals surface area (Å²) in [5.41, 5.74) is 1.39. The first-order valence-electron chi connectivity index (χ1n) is 7.73. The molecule has 0 amide bonds. The van der Waals surface area contributed by atoms with Gasteiger partial charge in [0.1, 0.15) is 16.4 Å². The van der Waals surface area contributed by atoms with E-state index in [1.807, 2.05) is 6.07 Å². The fourth-order valence-electron chi connectivity index (χ4n) is 3.26. The summed E-state index contributed by atoms with van der Waals surface area (Å²) in [6, 6.07) is 9.84. The number of sulfonamides is 1. The summed E-state index contributed by atoms with van der Waals surface area (Å²) in [5, 5.41) is 0.590. The lowest BCUT2D eigenvalue weighted by Crippen LogP contribution is -2.28. The van der Waals surface area contributed by atoms with Crippen LogP contribution in [0, 0.1) is 5.82 Å². The molecule has 1 N–H and O–H groups in total. The predicted octanol–water partition coefficient (Wildman–Crippen LogP) is 2.88. The average Bonchev–Trinajstić information content (AvgIpc) is 3.23. The van der Waals surface area contributed by atoms with Crippen LogP contribution < -0.4 is 0 Å². The lowest BCUT2D eigenvalue weighted by atomic mass is 9.99. The van der Waals surface area contributed by atoms with Crippen LogP contribution in [0.2, 0.25) is 0 Å². The van der Waals surface area contributed by atoms with Crippen molar-refractivity contribution in [2.75, 3.05) is 13.1 Å². The highest BCUT2D eigenvalue weighted by atomic mass is 32.2. The van der Waals surface area contributed by atoms with Crippen molar-refractivity contribution < 1.29 is 12.8 Å². The van der Waals surface area contributed by atoms with Crippen molar-refractivity contribution in [1.29, 1.82) is 0 Å². The number of hydrogen-bond acceptors (Lipinski definition) is 3. The Morgan fingerprint density at radius 3 is 2.96 bits per heavy atom. The van der Waals surface area contributed by atoms with Crippen LogP contribution in [0.3, 0.4) is 0 Å². The smallest absolute Gasteiger partial charge is 0.245 e. The molecule has 5 nitrogen and oxygen atoms in total. The molecule has 1 saturated heterocycles. The second-order valence-corrected chi connectivity index (χ2v) is 7.86. The lowest BCUT2D eigenvalue weighted by Gasteiger charge is -2.16. The van der Waals surface area contributed by atoms with E-state index in [0.717, 1.165) is 5.56 Å². The van der Waals surface area contributed by atoms with Gasteiger partial charge in [0, 0.05) is 30.9 Å². The SMILES string of the molecule is O=S(=O)(c1c[nH]c2ncccc12)N1CCC(c2cccc(F)c2)C1. The summed E-state index contributed by atoms with van der Waals surface area (Å²) in [4.78, 5) is 7.28.